The molecule has 110 valence electrons. The van der Waals surface area contributed by atoms with E-state index in [1.54, 1.807) is 18.2 Å². The van der Waals surface area contributed by atoms with E-state index in [-0.39, 0.29) is 11.7 Å². The summed E-state index contributed by atoms with van der Waals surface area (Å²) >= 11 is 5.88. The van der Waals surface area contributed by atoms with Crippen LogP contribution in [0.1, 0.15) is 11.1 Å². The number of hydrogen-bond donors (Lipinski definition) is 1. The van der Waals surface area contributed by atoms with Crippen LogP contribution >= 0.6 is 11.6 Å². The van der Waals surface area contributed by atoms with Crippen molar-refractivity contribution in [3.63, 3.8) is 0 Å². The zero-order valence-corrected chi connectivity index (χ0v) is 13.2. The second kappa shape index (κ2) is 7.38. The van der Waals surface area contributed by atoms with Crippen molar-refractivity contribution in [1.29, 1.82) is 0 Å². The summed E-state index contributed by atoms with van der Waals surface area (Å²) in [6.45, 7) is 1.98. The highest BCUT2D eigenvalue weighted by atomic mass is 35.5. The summed E-state index contributed by atoms with van der Waals surface area (Å²) in [5.41, 5.74) is 2.70. The van der Waals surface area contributed by atoms with E-state index >= 15 is 0 Å². The van der Waals surface area contributed by atoms with Gasteiger partial charge in [0, 0.05) is 27.3 Å². The van der Waals surface area contributed by atoms with Gasteiger partial charge in [0.05, 0.1) is 0 Å². The third-order valence-corrected chi connectivity index (χ3v) is 4.32. The predicted molar refractivity (Wildman–Crippen MR) is 88.0 cm³/mol. The highest BCUT2D eigenvalue weighted by Crippen LogP contribution is 2.13. The minimum Gasteiger partial charge on any atom is -0.325 e. The van der Waals surface area contributed by atoms with Gasteiger partial charge in [-0.3, -0.25) is 9.00 Å². The van der Waals surface area contributed by atoms with Crippen LogP contribution in [0.3, 0.4) is 0 Å². The largest absolute Gasteiger partial charge is 0.325 e. The molecule has 3 nitrogen and oxygen atoms in total. The maximum absolute atomic E-state index is 12.0. The fraction of sp³-hybridized carbons (Fsp3) is 0.188. The Kier molecular flexibility index (Phi) is 5.53. The number of carbonyl (C=O) groups excluding carboxylic acids is 1. The summed E-state index contributed by atoms with van der Waals surface area (Å²) in [5, 5.41) is 3.34. The quantitative estimate of drug-likeness (QED) is 0.915. The fourth-order valence-corrected chi connectivity index (χ4v) is 3.07. The van der Waals surface area contributed by atoms with Gasteiger partial charge in [-0.25, -0.2) is 0 Å². The van der Waals surface area contributed by atoms with Crippen LogP contribution in [0.15, 0.2) is 48.5 Å². The standard InChI is InChI=1S/C16H16ClNO2S/c1-12-5-7-15(8-6-12)18-16(19)11-21(20)10-13-3-2-4-14(17)9-13/h2-9H,10-11H2,1H3,(H,18,19). The van der Waals surface area contributed by atoms with Gasteiger partial charge in [-0.1, -0.05) is 41.4 Å². The Morgan fingerprint density at radius 1 is 1.19 bits per heavy atom. The number of hydrogen-bond acceptors (Lipinski definition) is 2. The van der Waals surface area contributed by atoms with Gasteiger partial charge in [0.1, 0.15) is 5.75 Å². The van der Waals surface area contributed by atoms with Crippen molar-refractivity contribution in [3.05, 3.63) is 64.7 Å². The third-order valence-electron chi connectivity index (χ3n) is 2.84. The normalized spacial score (nSPS) is 11.9. The van der Waals surface area contributed by atoms with Crippen molar-refractivity contribution in [2.24, 2.45) is 0 Å². The van der Waals surface area contributed by atoms with Crippen LogP contribution in [-0.4, -0.2) is 15.9 Å². The number of anilines is 1. The van der Waals surface area contributed by atoms with Crippen molar-refractivity contribution in [1.82, 2.24) is 0 Å². The van der Waals surface area contributed by atoms with Crippen LogP contribution < -0.4 is 5.32 Å². The second-order valence-electron chi connectivity index (χ2n) is 4.77. The lowest BCUT2D eigenvalue weighted by Gasteiger charge is -2.06. The van der Waals surface area contributed by atoms with Gasteiger partial charge < -0.3 is 5.32 Å². The van der Waals surface area contributed by atoms with Crippen LogP contribution in [0.2, 0.25) is 5.02 Å². The first kappa shape index (κ1) is 15.7. The summed E-state index contributed by atoms with van der Waals surface area (Å²) in [6.07, 6.45) is 0. The fourth-order valence-electron chi connectivity index (χ4n) is 1.84. The molecule has 0 saturated carbocycles. The Hall–Kier alpha value is -1.65. The molecule has 0 heterocycles. The number of benzene rings is 2. The molecule has 2 aromatic rings. The number of halogens is 1. The number of amides is 1. The Bertz CT molecular complexity index is 656. The molecule has 0 aliphatic carbocycles. The number of carbonyl (C=O) groups is 1. The molecule has 0 aromatic heterocycles. The van der Waals surface area contributed by atoms with Gasteiger partial charge in [0.25, 0.3) is 0 Å². The van der Waals surface area contributed by atoms with Crippen LogP contribution in [0, 0.1) is 6.92 Å². The Morgan fingerprint density at radius 2 is 1.90 bits per heavy atom. The van der Waals surface area contributed by atoms with Crippen molar-refractivity contribution < 1.29 is 9.00 Å². The van der Waals surface area contributed by atoms with E-state index in [1.165, 1.54) is 0 Å². The topological polar surface area (TPSA) is 46.2 Å². The first-order chi connectivity index (χ1) is 10.0. The van der Waals surface area contributed by atoms with Gasteiger partial charge >= 0.3 is 0 Å². The van der Waals surface area contributed by atoms with E-state index in [0.717, 1.165) is 11.1 Å². The Morgan fingerprint density at radius 3 is 2.57 bits per heavy atom. The van der Waals surface area contributed by atoms with Crippen molar-refractivity contribution >= 4 is 34.0 Å². The average molecular weight is 322 g/mol. The second-order valence-corrected chi connectivity index (χ2v) is 6.67. The van der Waals surface area contributed by atoms with E-state index in [9.17, 15) is 9.00 Å². The summed E-state index contributed by atoms with van der Waals surface area (Å²) in [4.78, 5) is 11.8. The number of aryl methyl sites for hydroxylation is 1. The van der Waals surface area contributed by atoms with Gasteiger partial charge in [0.15, 0.2) is 0 Å². The SMILES string of the molecule is Cc1ccc(NC(=O)CS(=O)Cc2cccc(Cl)c2)cc1. The van der Waals surface area contributed by atoms with Crippen LogP contribution in [0.4, 0.5) is 5.69 Å². The predicted octanol–water partition coefficient (Wildman–Crippen LogP) is 3.54. The maximum atomic E-state index is 12.0. The summed E-state index contributed by atoms with van der Waals surface area (Å²) in [6, 6.07) is 14.7. The van der Waals surface area contributed by atoms with E-state index < -0.39 is 10.8 Å². The lowest BCUT2D eigenvalue weighted by molar-refractivity contribution is -0.113. The molecule has 0 saturated heterocycles. The highest BCUT2D eigenvalue weighted by molar-refractivity contribution is 7.84. The Balaban J connectivity index is 1.87. The van der Waals surface area contributed by atoms with Crippen LogP contribution in [-0.2, 0) is 21.3 Å². The molecule has 0 radical (unpaired) electrons. The zero-order valence-electron chi connectivity index (χ0n) is 11.6. The van der Waals surface area contributed by atoms with Crippen molar-refractivity contribution in [3.8, 4) is 0 Å². The monoisotopic (exact) mass is 321 g/mol. The molecule has 21 heavy (non-hydrogen) atoms. The number of nitrogens with one attached hydrogen (secondary N) is 1. The minimum absolute atomic E-state index is 0.0274. The third kappa shape index (κ3) is 5.33. The molecule has 1 unspecified atom stereocenters. The van der Waals surface area contributed by atoms with Gasteiger partial charge in [-0.05, 0) is 36.8 Å². The molecule has 0 bridgehead atoms. The number of rotatable bonds is 5. The van der Waals surface area contributed by atoms with Crippen molar-refractivity contribution in [2.75, 3.05) is 11.1 Å². The van der Waals surface area contributed by atoms with Crippen LogP contribution in [0.5, 0.6) is 0 Å². The van der Waals surface area contributed by atoms with E-state index in [2.05, 4.69) is 5.32 Å². The maximum Gasteiger partial charge on any atom is 0.237 e. The summed E-state index contributed by atoms with van der Waals surface area (Å²) in [7, 11) is -1.26. The minimum atomic E-state index is -1.26. The summed E-state index contributed by atoms with van der Waals surface area (Å²) < 4.78 is 12.0. The average Bonchev–Trinajstić information content (AvgIpc) is 2.41. The van der Waals surface area contributed by atoms with E-state index in [4.69, 9.17) is 11.6 Å². The molecule has 2 rings (SSSR count). The molecule has 5 heteroatoms. The first-order valence-corrected chi connectivity index (χ1v) is 8.35. The lowest BCUT2D eigenvalue weighted by Crippen LogP contribution is -2.20. The molecule has 2 aromatic carbocycles. The molecule has 0 aliphatic heterocycles. The van der Waals surface area contributed by atoms with Gasteiger partial charge in [-0.15, -0.1) is 0 Å². The van der Waals surface area contributed by atoms with Crippen molar-refractivity contribution in [2.45, 2.75) is 12.7 Å². The zero-order chi connectivity index (χ0) is 15.2. The molecular weight excluding hydrogens is 306 g/mol. The first-order valence-electron chi connectivity index (χ1n) is 6.49. The van der Waals surface area contributed by atoms with Gasteiger partial charge in [-0.2, -0.15) is 0 Å². The molecule has 0 fully saturated rings. The highest BCUT2D eigenvalue weighted by Gasteiger charge is 2.09. The molecule has 1 N–H and O–H groups in total. The van der Waals surface area contributed by atoms with E-state index in [1.807, 2.05) is 37.3 Å². The molecule has 1 amide bonds. The Labute approximate surface area is 131 Å². The smallest absolute Gasteiger partial charge is 0.237 e. The molecule has 0 spiro atoms. The van der Waals surface area contributed by atoms with Crippen LogP contribution in [0.25, 0.3) is 0 Å². The lowest BCUT2D eigenvalue weighted by atomic mass is 10.2. The molecular formula is C16H16ClNO2S. The summed E-state index contributed by atoms with van der Waals surface area (Å²) in [5.74, 6) is 0.0432. The van der Waals surface area contributed by atoms with Gasteiger partial charge in [0.2, 0.25) is 5.91 Å². The molecule has 1 atom stereocenters. The molecule has 0 aliphatic rings. The van der Waals surface area contributed by atoms with E-state index in [0.29, 0.717) is 16.5 Å².